The number of aromatic nitrogens is 1. The molecule has 1 heterocycles. The fourth-order valence-electron chi connectivity index (χ4n) is 2.49. The maximum absolute atomic E-state index is 13.1. The van der Waals surface area contributed by atoms with Gasteiger partial charge in [-0.3, -0.25) is 4.79 Å². The smallest absolute Gasteiger partial charge is 0.340 e. The van der Waals surface area contributed by atoms with Crippen LogP contribution in [0.4, 0.5) is 30.4 Å². The molecule has 1 amide bonds. The van der Waals surface area contributed by atoms with Gasteiger partial charge in [-0.25, -0.2) is 4.98 Å². The number of nitrogens with zero attached hydrogens (tertiary/aromatic N) is 2. The lowest BCUT2D eigenvalue weighted by Gasteiger charge is -2.14. The Balaban J connectivity index is 1.81. The third-order valence-electron chi connectivity index (χ3n) is 3.77. The molecule has 0 spiro atoms. The normalized spacial score (nSPS) is 10.8. The molecule has 1 aromatic heterocycles. The van der Waals surface area contributed by atoms with Gasteiger partial charge in [0.15, 0.2) is 0 Å². The predicted molar refractivity (Wildman–Crippen MR) is 98.1 cm³/mol. The Morgan fingerprint density at radius 1 is 1.04 bits per heavy atom. The van der Waals surface area contributed by atoms with E-state index in [0.717, 1.165) is 6.07 Å². The van der Waals surface area contributed by atoms with Crippen molar-refractivity contribution in [1.82, 2.24) is 4.98 Å². The molecular formula is C20H13F3N4O. The van der Waals surface area contributed by atoms with E-state index in [2.05, 4.69) is 15.6 Å². The summed E-state index contributed by atoms with van der Waals surface area (Å²) in [6.45, 7) is 0. The summed E-state index contributed by atoms with van der Waals surface area (Å²) in [5.41, 5.74) is -0.0859. The third kappa shape index (κ3) is 4.45. The van der Waals surface area contributed by atoms with Crippen molar-refractivity contribution in [3.8, 4) is 6.07 Å². The number of amides is 1. The van der Waals surface area contributed by atoms with Crippen molar-refractivity contribution < 1.29 is 18.0 Å². The largest absolute Gasteiger partial charge is 0.418 e. The molecule has 28 heavy (non-hydrogen) atoms. The zero-order valence-electron chi connectivity index (χ0n) is 14.3. The lowest BCUT2D eigenvalue weighted by atomic mass is 10.1. The Morgan fingerprint density at radius 2 is 1.82 bits per heavy atom. The fourth-order valence-corrected chi connectivity index (χ4v) is 2.49. The van der Waals surface area contributed by atoms with Crippen LogP contribution in [0.25, 0.3) is 0 Å². The van der Waals surface area contributed by atoms with Crippen LogP contribution in [-0.2, 0) is 6.18 Å². The second-order valence-electron chi connectivity index (χ2n) is 5.74. The van der Waals surface area contributed by atoms with Gasteiger partial charge >= 0.3 is 6.18 Å². The van der Waals surface area contributed by atoms with E-state index in [0.29, 0.717) is 17.1 Å². The van der Waals surface area contributed by atoms with E-state index in [1.165, 1.54) is 36.5 Å². The van der Waals surface area contributed by atoms with Crippen molar-refractivity contribution in [2.75, 3.05) is 10.6 Å². The quantitative estimate of drug-likeness (QED) is 0.668. The number of nitrogens with one attached hydrogen (secondary N) is 2. The Bertz CT molecular complexity index is 1060. The summed E-state index contributed by atoms with van der Waals surface area (Å²) in [5.74, 6) is -0.389. The Hall–Kier alpha value is -3.86. The first kappa shape index (κ1) is 18.9. The minimum Gasteiger partial charge on any atom is -0.340 e. The molecule has 0 unspecified atom stereocenters. The number of rotatable bonds is 4. The Kier molecular flexibility index (Phi) is 5.27. The van der Waals surface area contributed by atoms with Gasteiger partial charge in [0.05, 0.1) is 22.9 Å². The standard InChI is InChI=1S/C20H13F3N4O/c21-20(22,23)16-6-1-2-7-17(16)27-19(28)14-8-9-25-18(11-14)26-15-5-3-4-13(10-15)12-24/h1-11H,(H,25,26)(H,27,28). The number of carbonyl (C=O) groups is 1. The second-order valence-corrected chi connectivity index (χ2v) is 5.74. The van der Waals surface area contributed by atoms with Gasteiger partial charge in [-0.05, 0) is 42.5 Å². The highest BCUT2D eigenvalue weighted by Crippen LogP contribution is 2.34. The molecule has 3 aromatic rings. The van der Waals surface area contributed by atoms with E-state index in [1.54, 1.807) is 24.3 Å². The molecule has 140 valence electrons. The predicted octanol–water partition coefficient (Wildman–Crippen LogP) is 4.97. The highest BCUT2D eigenvalue weighted by molar-refractivity contribution is 6.05. The molecule has 0 aliphatic rings. The van der Waals surface area contributed by atoms with Crippen molar-refractivity contribution >= 4 is 23.1 Å². The van der Waals surface area contributed by atoms with Crippen molar-refractivity contribution in [2.24, 2.45) is 0 Å². The van der Waals surface area contributed by atoms with Gasteiger partial charge in [-0.2, -0.15) is 18.4 Å². The zero-order valence-corrected chi connectivity index (χ0v) is 14.3. The number of carbonyl (C=O) groups excluding carboxylic acids is 1. The number of hydrogen-bond acceptors (Lipinski definition) is 4. The first-order chi connectivity index (χ1) is 13.4. The zero-order chi connectivity index (χ0) is 20.1. The number of benzene rings is 2. The molecule has 0 aliphatic heterocycles. The topological polar surface area (TPSA) is 77.8 Å². The molecular weight excluding hydrogens is 369 g/mol. The number of halogens is 3. The molecule has 5 nitrogen and oxygen atoms in total. The molecule has 3 rings (SSSR count). The lowest BCUT2D eigenvalue weighted by Crippen LogP contribution is -2.16. The van der Waals surface area contributed by atoms with Crippen LogP contribution < -0.4 is 10.6 Å². The summed E-state index contributed by atoms with van der Waals surface area (Å²) in [6.07, 6.45) is -3.22. The van der Waals surface area contributed by atoms with Crippen molar-refractivity contribution in [2.45, 2.75) is 6.18 Å². The number of pyridine rings is 1. The molecule has 0 atom stereocenters. The van der Waals surface area contributed by atoms with E-state index in [9.17, 15) is 18.0 Å². The molecule has 0 radical (unpaired) electrons. The van der Waals surface area contributed by atoms with Crippen LogP contribution in [0.1, 0.15) is 21.5 Å². The van der Waals surface area contributed by atoms with Crippen LogP contribution in [0.3, 0.4) is 0 Å². The van der Waals surface area contributed by atoms with Crippen LogP contribution >= 0.6 is 0 Å². The molecule has 0 fully saturated rings. The lowest BCUT2D eigenvalue weighted by molar-refractivity contribution is -0.136. The van der Waals surface area contributed by atoms with Crippen LogP contribution in [-0.4, -0.2) is 10.9 Å². The number of alkyl halides is 3. The van der Waals surface area contributed by atoms with Crippen LogP contribution in [0, 0.1) is 11.3 Å². The molecule has 0 bridgehead atoms. The second kappa shape index (κ2) is 7.80. The van der Waals surface area contributed by atoms with Gasteiger partial charge in [0, 0.05) is 17.4 Å². The van der Waals surface area contributed by atoms with Gasteiger partial charge in [0.1, 0.15) is 5.82 Å². The van der Waals surface area contributed by atoms with Gasteiger partial charge in [0.2, 0.25) is 0 Å². The number of para-hydroxylation sites is 1. The molecule has 0 aliphatic carbocycles. The average molecular weight is 382 g/mol. The highest BCUT2D eigenvalue weighted by Gasteiger charge is 2.33. The first-order valence-corrected chi connectivity index (χ1v) is 8.07. The van der Waals surface area contributed by atoms with E-state index in [-0.39, 0.29) is 11.3 Å². The van der Waals surface area contributed by atoms with E-state index in [4.69, 9.17) is 5.26 Å². The number of hydrogen-bond donors (Lipinski definition) is 2. The molecule has 0 saturated carbocycles. The number of anilines is 3. The van der Waals surface area contributed by atoms with Crippen molar-refractivity contribution in [1.29, 1.82) is 5.26 Å². The monoisotopic (exact) mass is 382 g/mol. The van der Waals surface area contributed by atoms with Crippen molar-refractivity contribution in [3.63, 3.8) is 0 Å². The summed E-state index contributed by atoms with van der Waals surface area (Å²) in [4.78, 5) is 16.5. The van der Waals surface area contributed by atoms with E-state index >= 15 is 0 Å². The van der Waals surface area contributed by atoms with E-state index in [1.807, 2.05) is 6.07 Å². The minimum atomic E-state index is -4.58. The minimum absolute atomic E-state index is 0.130. The summed E-state index contributed by atoms with van der Waals surface area (Å²) >= 11 is 0. The Morgan fingerprint density at radius 3 is 2.57 bits per heavy atom. The molecule has 8 heteroatoms. The molecule has 2 N–H and O–H groups in total. The van der Waals surface area contributed by atoms with Gasteiger partial charge in [0.25, 0.3) is 5.91 Å². The third-order valence-corrected chi connectivity index (χ3v) is 3.77. The summed E-state index contributed by atoms with van der Waals surface area (Å²) in [7, 11) is 0. The average Bonchev–Trinajstić information content (AvgIpc) is 2.68. The number of nitriles is 1. The summed E-state index contributed by atoms with van der Waals surface area (Å²) in [6, 6.07) is 16.2. The van der Waals surface area contributed by atoms with Crippen LogP contribution in [0.2, 0.25) is 0 Å². The van der Waals surface area contributed by atoms with Gasteiger partial charge in [-0.1, -0.05) is 18.2 Å². The first-order valence-electron chi connectivity index (χ1n) is 8.07. The maximum Gasteiger partial charge on any atom is 0.418 e. The van der Waals surface area contributed by atoms with Crippen LogP contribution in [0.5, 0.6) is 0 Å². The SMILES string of the molecule is N#Cc1cccc(Nc2cc(C(=O)Nc3ccccc3C(F)(F)F)ccn2)c1. The van der Waals surface area contributed by atoms with Gasteiger partial charge in [-0.15, -0.1) is 0 Å². The molecule has 2 aromatic carbocycles. The van der Waals surface area contributed by atoms with Crippen LogP contribution in [0.15, 0.2) is 66.9 Å². The fraction of sp³-hybridized carbons (Fsp3) is 0.0500. The van der Waals surface area contributed by atoms with Crippen molar-refractivity contribution in [3.05, 3.63) is 83.6 Å². The summed E-state index contributed by atoms with van der Waals surface area (Å²) in [5, 5.41) is 14.2. The Labute approximate surface area is 158 Å². The van der Waals surface area contributed by atoms with E-state index < -0.39 is 17.6 Å². The maximum atomic E-state index is 13.1. The van der Waals surface area contributed by atoms with Gasteiger partial charge < -0.3 is 10.6 Å². The summed E-state index contributed by atoms with van der Waals surface area (Å²) < 4.78 is 39.2. The highest BCUT2D eigenvalue weighted by atomic mass is 19.4. The molecule has 0 saturated heterocycles.